The van der Waals surface area contributed by atoms with E-state index in [-0.39, 0.29) is 11.8 Å². The second kappa shape index (κ2) is 10.5. The Morgan fingerprint density at radius 1 is 1.12 bits per heavy atom. The Labute approximate surface area is 208 Å². The van der Waals surface area contributed by atoms with Crippen LogP contribution < -0.4 is 10.1 Å². The van der Waals surface area contributed by atoms with Gasteiger partial charge in [0.05, 0.1) is 12.7 Å². The molecule has 2 aromatic rings. The zero-order valence-corrected chi connectivity index (χ0v) is 21.3. The first-order valence-electron chi connectivity index (χ1n) is 11.2. The number of ether oxygens (including phenoxy) is 1. The molecule has 2 amide bonds. The van der Waals surface area contributed by atoms with Crippen molar-refractivity contribution in [3.05, 3.63) is 62.6 Å². The number of likely N-dealkylation sites (tertiary alicyclic amines) is 2. The minimum atomic E-state index is -0.0898. The number of carbonyl (C=O) groups excluding carboxylic acids is 2. The molecule has 2 unspecified atom stereocenters. The molecule has 4 rings (SSSR count). The van der Waals surface area contributed by atoms with Crippen molar-refractivity contribution in [2.75, 3.05) is 46.4 Å². The quantitative estimate of drug-likeness (QED) is 0.540. The van der Waals surface area contributed by atoms with Crippen molar-refractivity contribution in [1.82, 2.24) is 15.1 Å². The zero-order chi connectivity index (χ0) is 23.5. The minimum Gasteiger partial charge on any atom is -0.497 e. The lowest BCUT2D eigenvalue weighted by atomic mass is 10.0. The van der Waals surface area contributed by atoms with Gasteiger partial charge in [0.2, 0.25) is 0 Å². The van der Waals surface area contributed by atoms with Gasteiger partial charge in [-0.2, -0.15) is 0 Å². The van der Waals surface area contributed by atoms with Gasteiger partial charge in [0.1, 0.15) is 5.75 Å². The minimum absolute atomic E-state index is 0.0562. The van der Waals surface area contributed by atoms with Crippen LogP contribution in [0.3, 0.4) is 0 Å². The number of benzene rings is 2. The lowest BCUT2D eigenvalue weighted by molar-refractivity contribution is 0.0772. The summed E-state index contributed by atoms with van der Waals surface area (Å²) >= 11 is 9.62. The van der Waals surface area contributed by atoms with Gasteiger partial charge in [-0.25, -0.2) is 0 Å². The highest BCUT2D eigenvalue weighted by Gasteiger charge is 2.41. The van der Waals surface area contributed by atoms with Gasteiger partial charge in [-0.15, -0.1) is 0 Å². The number of aryl methyl sites for hydroxylation is 1. The fourth-order valence-corrected chi connectivity index (χ4v) is 5.34. The van der Waals surface area contributed by atoms with E-state index in [1.165, 1.54) is 0 Å². The summed E-state index contributed by atoms with van der Waals surface area (Å²) in [5, 5.41) is 3.59. The monoisotopic (exact) mass is 533 g/mol. The molecule has 0 bridgehead atoms. The van der Waals surface area contributed by atoms with Crippen molar-refractivity contribution in [3.8, 4) is 5.75 Å². The van der Waals surface area contributed by atoms with Gasteiger partial charge in [0.25, 0.3) is 11.8 Å². The molecular weight excluding hydrogens is 506 g/mol. The van der Waals surface area contributed by atoms with Crippen LogP contribution in [0.15, 0.2) is 40.9 Å². The van der Waals surface area contributed by atoms with Crippen molar-refractivity contribution in [1.29, 1.82) is 0 Å². The van der Waals surface area contributed by atoms with E-state index >= 15 is 0 Å². The largest absolute Gasteiger partial charge is 0.497 e. The van der Waals surface area contributed by atoms with E-state index in [1.54, 1.807) is 25.3 Å². The van der Waals surface area contributed by atoms with Crippen LogP contribution in [0.5, 0.6) is 5.75 Å². The lowest BCUT2D eigenvalue weighted by Crippen LogP contribution is -2.34. The molecular formula is C25H29BrClN3O3. The first kappa shape index (κ1) is 24.0. The Bertz CT molecular complexity index is 1030. The Morgan fingerprint density at radius 3 is 2.52 bits per heavy atom. The van der Waals surface area contributed by atoms with Gasteiger partial charge < -0.3 is 19.9 Å². The van der Waals surface area contributed by atoms with Gasteiger partial charge in [-0.05, 0) is 83.6 Å². The average Bonchev–Trinajstić information content (AvgIpc) is 3.37. The number of halogens is 2. The van der Waals surface area contributed by atoms with E-state index in [2.05, 4.69) is 26.1 Å². The fraction of sp³-hybridized carbons (Fsp3) is 0.440. The number of carbonyl (C=O) groups is 2. The van der Waals surface area contributed by atoms with Crippen LogP contribution in [0, 0.1) is 18.8 Å². The summed E-state index contributed by atoms with van der Waals surface area (Å²) in [5.74, 6) is 1.66. The number of nitrogens with one attached hydrogen (secondary N) is 1. The van der Waals surface area contributed by atoms with E-state index in [1.807, 2.05) is 30.0 Å². The van der Waals surface area contributed by atoms with Crippen LogP contribution in [-0.2, 0) is 0 Å². The maximum atomic E-state index is 13.1. The highest BCUT2D eigenvalue weighted by Crippen LogP contribution is 2.33. The molecule has 2 saturated heterocycles. The standard InChI is InChI=1S/C25H29BrClN3O3/c1-16-4-5-17(10-23(16)27)24(31)28-8-3-9-29-12-18-14-30(15-19(18)13-29)25(32)21-11-20(33-2)6-7-22(21)26/h4-7,10-11,18-19H,3,8-9,12-15H2,1-2H3,(H,28,31). The molecule has 176 valence electrons. The molecule has 2 heterocycles. The summed E-state index contributed by atoms with van der Waals surface area (Å²) in [7, 11) is 1.61. The van der Waals surface area contributed by atoms with Crippen LogP contribution in [0.2, 0.25) is 5.02 Å². The van der Waals surface area contributed by atoms with E-state index in [9.17, 15) is 9.59 Å². The average molecular weight is 535 g/mol. The predicted octanol–water partition coefficient (Wildman–Crippen LogP) is 4.24. The van der Waals surface area contributed by atoms with E-state index in [0.717, 1.165) is 49.2 Å². The van der Waals surface area contributed by atoms with Crippen molar-refractivity contribution in [3.63, 3.8) is 0 Å². The molecule has 0 saturated carbocycles. The normalized spacial score (nSPS) is 20.1. The summed E-state index contributed by atoms with van der Waals surface area (Å²) in [5.41, 5.74) is 2.20. The first-order valence-corrected chi connectivity index (χ1v) is 12.4. The molecule has 6 nitrogen and oxygen atoms in total. The summed E-state index contributed by atoms with van der Waals surface area (Å²) in [6.45, 7) is 7.05. The van der Waals surface area contributed by atoms with Gasteiger partial charge in [0, 0.05) is 47.8 Å². The van der Waals surface area contributed by atoms with E-state index in [4.69, 9.17) is 16.3 Å². The van der Waals surface area contributed by atoms with Crippen LogP contribution >= 0.6 is 27.5 Å². The second-order valence-corrected chi connectivity index (χ2v) is 10.2. The maximum absolute atomic E-state index is 13.1. The second-order valence-electron chi connectivity index (χ2n) is 8.91. The fourth-order valence-electron chi connectivity index (χ4n) is 4.75. The van der Waals surface area contributed by atoms with Gasteiger partial charge >= 0.3 is 0 Å². The third-order valence-electron chi connectivity index (χ3n) is 6.62. The van der Waals surface area contributed by atoms with E-state index in [0.29, 0.717) is 40.3 Å². The maximum Gasteiger partial charge on any atom is 0.255 e. The number of amides is 2. The SMILES string of the molecule is COc1ccc(Br)c(C(=O)N2CC3CN(CCCNC(=O)c4ccc(C)c(Cl)c4)CC3C2)c1. The molecule has 2 aromatic carbocycles. The molecule has 2 atom stereocenters. The number of fused-ring (bicyclic) bond motifs is 1. The Kier molecular flexibility index (Phi) is 7.62. The molecule has 0 aromatic heterocycles. The summed E-state index contributed by atoms with van der Waals surface area (Å²) in [6.07, 6.45) is 0.893. The van der Waals surface area contributed by atoms with Gasteiger partial charge in [0.15, 0.2) is 0 Å². The van der Waals surface area contributed by atoms with Crippen LogP contribution in [-0.4, -0.2) is 68.0 Å². The van der Waals surface area contributed by atoms with Crippen molar-refractivity contribution in [2.24, 2.45) is 11.8 Å². The topological polar surface area (TPSA) is 61.9 Å². The molecule has 2 fully saturated rings. The number of hydrogen-bond acceptors (Lipinski definition) is 4. The van der Waals surface area contributed by atoms with Crippen LogP contribution in [0.1, 0.15) is 32.7 Å². The van der Waals surface area contributed by atoms with Crippen LogP contribution in [0.25, 0.3) is 0 Å². The molecule has 8 heteroatoms. The molecule has 0 aliphatic carbocycles. The molecule has 33 heavy (non-hydrogen) atoms. The van der Waals surface area contributed by atoms with Gasteiger partial charge in [-0.3, -0.25) is 9.59 Å². The van der Waals surface area contributed by atoms with Crippen molar-refractivity contribution < 1.29 is 14.3 Å². The lowest BCUT2D eigenvalue weighted by Gasteiger charge is -2.22. The first-order chi connectivity index (χ1) is 15.9. The molecule has 0 spiro atoms. The molecule has 0 radical (unpaired) electrons. The third-order valence-corrected chi connectivity index (χ3v) is 7.72. The number of hydrogen-bond donors (Lipinski definition) is 1. The highest BCUT2D eigenvalue weighted by atomic mass is 79.9. The van der Waals surface area contributed by atoms with Crippen LogP contribution in [0.4, 0.5) is 0 Å². The molecule has 2 aliphatic rings. The third kappa shape index (κ3) is 5.53. The smallest absolute Gasteiger partial charge is 0.255 e. The van der Waals surface area contributed by atoms with Crippen molar-refractivity contribution in [2.45, 2.75) is 13.3 Å². The Balaban J connectivity index is 1.21. The number of methoxy groups -OCH3 is 1. The number of rotatable bonds is 7. The Hall–Kier alpha value is -2.09. The zero-order valence-electron chi connectivity index (χ0n) is 18.9. The van der Waals surface area contributed by atoms with Crippen molar-refractivity contribution >= 4 is 39.3 Å². The summed E-state index contributed by atoms with van der Waals surface area (Å²) in [4.78, 5) is 29.8. The Morgan fingerprint density at radius 2 is 1.85 bits per heavy atom. The molecule has 2 aliphatic heterocycles. The van der Waals surface area contributed by atoms with E-state index < -0.39 is 0 Å². The summed E-state index contributed by atoms with van der Waals surface area (Å²) < 4.78 is 6.07. The predicted molar refractivity (Wildman–Crippen MR) is 133 cm³/mol. The molecule has 1 N–H and O–H groups in total. The van der Waals surface area contributed by atoms with Gasteiger partial charge in [-0.1, -0.05) is 17.7 Å². The summed E-state index contributed by atoms with van der Waals surface area (Å²) in [6, 6.07) is 10.9. The number of nitrogens with zero attached hydrogens (tertiary/aromatic N) is 2. The highest BCUT2D eigenvalue weighted by molar-refractivity contribution is 9.10.